The molecule has 1 heterocycles. The number of methoxy groups -OCH3 is 2. The molecule has 21 heavy (non-hydrogen) atoms. The molecule has 0 saturated heterocycles. The molecule has 2 rings (SSSR count). The van der Waals surface area contributed by atoms with Gasteiger partial charge in [-0.2, -0.15) is 0 Å². The zero-order valence-corrected chi connectivity index (χ0v) is 12.6. The zero-order chi connectivity index (χ0) is 15.2. The molecule has 5 nitrogen and oxygen atoms in total. The quantitative estimate of drug-likeness (QED) is 0.765. The number of benzene rings is 1. The molecule has 0 aliphatic rings. The van der Waals surface area contributed by atoms with Crippen molar-refractivity contribution in [1.82, 2.24) is 4.98 Å². The van der Waals surface area contributed by atoms with Crippen LogP contribution in [-0.4, -0.2) is 38.3 Å². The van der Waals surface area contributed by atoms with Crippen molar-refractivity contribution >= 4 is 22.6 Å². The van der Waals surface area contributed by atoms with E-state index in [1.165, 1.54) is 7.11 Å². The van der Waals surface area contributed by atoms with E-state index in [1.807, 2.05) is 31.2 Å². The number of hydrogen-bond acceptors (Lipinski definition) is 5. The van der Waals surface area contributed by atoms with Gasteiger partial charge in [0.15, 0.2) is 0 Å². The molecular formula is C16H20N2O3. The molecule has 0 spiro atoms. The Kier molecular flexibility index (Phi) is 4.98. The SMILES string of the molecule is CCN(CCC(=O)OC)c1nccc2c(OC)cccc12. The lowest BCUT2D eigenvalue weighted by Gasteiger charge is -2.23. The first-order valence-electron chi connectivity index (χ1n) is 6.94. The van der Waals surface area contributed by atoms with Crippen LogP contribution in [0.4, 0.5) is 5.82 Å². The van der Waals surface area contributed by atoms with E-state index in [0.717, 1.165) is 28.9 Å². The van der Waals surface area contributed by atoms with Crippen LogP contribution in [0.15, 0.2) is 30.5 Å². The van der Waals surface area contributed by atoms with E-state index in [-0.39, 0.29) is 5.97 Å². The standard InChI is InChI=1S/C16H20N2O3/c1-4-18(11-9-15(19)21-3)16-13-6-5-7-14(20-2)12(13)8-10-17-16/h5-8,10H,4,9,11H2,1-3H3. The molecule has 0 aliphatic heterocycles. The number of carbonyl (C=O) groups excluding carboxylic acids is 1. The summed E-state index contributed by atoms with van der Waals surface area (Å²) < 4.78 is 10.1. The summed E-state index contributed by atoms with van der Waals surface area (Å²) in [7, 11) is 3.06. The number of hydrogen-bond donors (Lipinski definition) is 0. The van der Waals surface area contributed by atoms with Crippen molar-refractivity contribution < 1.29 is 14.3 Å². The number of aromatic nitrogens is 1. The summed E-state index contributed by atoms with van der Waals surface area (Å²) in [5.74, 6) is 1.46. The molecule has 0 radical (unpaired) electrons. The van der Waals surface area contributed by atoms with Crippen LogP contribution in [-0.2, 0) is 9.53 Å². The van der Waals surface area contributed by atoms with Crippen molar-refractivity contribution in [1.29, 1.82) is 0 Å². The van der Waals surface area contributed by atoms with Crippen LogP contribution in [0.3, 0.4) is 0 Å². The minimum atomic E-state index is -0.216. The summed E-state index contributed by atoms with van der Waals surface area (Å²) in [6, 6.07) is 7.82. The lowest BCUT2D eigenvalue weighted by Crippen LogP contribution is -2.27. The molecule has 0 aliphatic carbocycles. The van der Waals surface area contributed by atoms with E-state index in [2.05, 4.69) is 9.88 Å². The first kappa shape index (κ1) is 15.1. The minimum absolute atomic E-state index is 0.216. The summed E-state index contributed by atoms with van der Waals surface area (Å²) in [5.41, 5.74) is 0. The average Bonchev–Trinajstić information content (AvgIpc) is 2.54. The molecule has 0 unspecified atom stereocenters. The van der Waals surface area contributed by atoms with Gasteiger partial charge in [-0.05, 0) is 19.1 Å². The molecule has 0 N–H and O–H groups in total. The highest BCUT2D eigenvalue weighted by molar-refractivity contribution is 5.96. The Labute approximate surface area is 124 Å². The van der Waals surface area contributed by atoms with Crippen molar-refractivity contribution in [2.75, 3.05) is 32.2 Å². The fraction of sp³-hybridized carbons (Fsp3) is 0.375. The van der Waals surface area contributed by atoms with Gasteiger partial charge in [-0.25, -0.2) is 4.98 Å². The number of carbonyl (C=O) groups is 1. The molecule has 0 fully saturated rings. The second-order valence-corrected chi connectivity index (χ2v) is 4.60. The number of anilines is 1. The van der Waals surface area contributed by atoms with Crippen molar-refractivity contribution in [3.63, 3.8) is 0 Å². The summed E-state index contributed by atoms with van der Waals surface area (Å²) in [5, 5.41) is 2.03. The predicted octanol–water partition coefficient (Wildman–Crippen LogP) is 2.63. The second kappa shape index (κ2) is 6.92. The summed E-state index contributed by atoms with van der Waals surface area (Å²) in [4.78, 5) is 17.9. The van der Waals surface area contributed by atoms with E-state index in [4.69, 9.17) is 9.47 Å². The third kappa shape index (κ3) is 3.24. The fourth-order valence-electron chi connectivity index (χ4n) is 2.33. The largest absolute Gasteiger partial charge is 0.496 e. The van der Waals surface area contributed by atoms with Crippen molar-refractivity contribution in [2.45, 2.75) is 13.3 Å². The molecule has 5 heteroatoms. The average molecular weight is 288 g/mol. The highest BCUT2D eigenvalue weighted by Gasteiger charge is 2.13. The molecule has 0 amide bonds. The zero-order valence-electron chi connectivity index (χ0n) is 12.6. The third-order valence-electron chi connectivity index (χ3n) is 3.46. The van der Waals surface area contributed by atoms with E-state index in [1.54, 1.807) is 13.3 Å². The van der Waals surface area contributed by atoms with Crippen molar-refractivity contribution in [2.24, 2.45) is 0 Å². The number of nitrogens with zero attached hydrogens (tertiary/aromatic N) is 2. The maximum atomic E-state index is 11.3. The predicted molar refractivity (Wildman–Crippen MR) is 82.8 cm³/mol. The summed E-state index contributed by atoms with van der Waals surface area (Å²) >= 11 is 0. The van der Waals surface area contributed by atoms with Gasteiger partial charge in [0.05, 0.1) is 20.6 Å². The van der Waals surface area contributed by atoms with Crippen LogP contribution in [0, 0.1) is 0 Å². The second-order valence-electron chi connectivity index (χ2n) is 4.60. The van der Waals surface area contributed by atoms with Crippen LogP contribution >= 0.6 is 0 Å². The normalized spacial score (nSPS) is 10.4. The number of ether oxygens (including phenoxy) is 2. The minimum Gasteiger partial charge on any atom is -0.496 e. The Morgan fingerprint density at radius 2 is 2.05 bits per heavy atom. The van der Waals surface area contributed by atoms with E-state index >= 15 is 0 Å². The Bertz CT molecular complexity index is 628. The van der Waals surface area contributed by atoms with Gasteiger partial charge in [-0.3, -0.25) is 4.79 Å². The maximum Gasteiger partial charge on any atom is 0.307 e. The topological polar surface area (TPSA) is 51.7 Å². The Morgan fingerprint density at radius 1 is 1.24 bits per heavy atom. The van der Waals surface area contributed by atoms with Gasteiger partial charge in [-0.15, -0.1) is 0 Å². The lowest BCUT2D eigenvalue weighted by molar-refractivity contribution is -0.140. The van der Waals surface area contributed by atoms with Gasteiger partial charge in [-0.1, -0.05) is 12.1 Å². The van der Waals surface area contributed by atoms with E-state index in [0.29, 0.717) is 13.0 Å². The maximum absolute atomic E-state index is 11.3. The van der Waals surface area contributed by atoms with Crippen LogP contribution in [0.25, 0.3) is 10.8 Å². The number of esters is 1. The monoisotopic (exact) mass is 288 g/mol. The molecule has 0 saturated carbocycles. The molecule has 1 aromatic carbocycles. The fourth-order valence-corrected chi connectivity index (χ4v) is 2.33. The van der Waals surface area contributed by atoms with Gasteiger partial charge in [0, 0.05) is 30.1 Å². The van der Waals surface area contributed by atoms with Gasteiger partial charge in [0.2, 0.25) is 0 Å². The van der Waals surface area contributed by atoms with Gasteiger partial charge in [0.1, 0.15) is 11.6 Å². The van der Waals surface area contributed by atoms with Crippen molar-refractivity contribution in [3.8, 4) is 5.75 Å². The molecule has 112 valence electrons. The number of fused-ring (bicyclic) bond motifs is 1. The van der Waals surface area contributed by atoms with Crippen LogP contribution in [0.5, 0.6) is 5.75 Å². The van der Waals surface area contributed by atoms with Gasteiger partial charge < -0.3 is 14.4 Å². The lowest BCUT2D eigenvalue weighted by atomic mass is 10.1. The molecule has 2 aromatic rings. The smallest absolute Gasteiger partial charge is 0.307 e. The highest BCUT2D eigenvalue weighted by atomic mass is 16.5. The van der Waals surface area contributed by atoms with Crippen LogP contribution in [0.2, 0.25) is 0 Å². The summed E-state index contributed by atoms with van der Waals surface area (Å²) in [6.07, 6.45) is 2.10. The van der Waals surface area contributed by atoms with E-state index < -0.39 is 0 Å². The first-order valence-corrected chi connectivity index (χ1v) is 6.94. The molecule has 1 aromatic heterocycles. The Morgan fingerprint density at radius 3 is 2.71 bits per heavy atom. The molecule has 0 atom stereocenters. The van der Waals surface area contributed by atoms with Crippen LogP contribution in [0.1, 0.15) is 13.3 Å². The third-order valence-corrected chi connectivity index (χ3v) is 3.46. The van der Waals surface area contributed by atoms with Crippen LogP contribution < -0.4 is 9.64 Å². The van der Waals surface area contributed by atoms with E-state index in [9.17, 15) is 4.79 Å². The van der Waals surface area contributed by atoms with Gasteiger partial charge in [0.25, 0.3) is 0 Å². The molecular weight excluding hydrogens is 268 g/mol. The van der Waals surface area contributed by atoms with Gasteiger partial charge >= 0.3 is 5.97 Å². The highest BCUT2D eigenvalue weighted by Crippen LogP contribution is 2.30. The number of pyridine rings is 1. The molecule has 0 bridgehead atoms. The number of rotatable bonds is 6. The van der Waals surface area contributed by atoms with Crippen molar-refractivity contribution in [3.05, 3.63) is 30.5 Å². The Balaban J connectivity index is 2.37. The summed E-state index contributed by atoms with van der Waals surface area (Å²) in [6.45, 7) is 3.38. The first-order chi connectivity index (χ1) is 10.2. The Hall–Kier alpha value is -2.30.